The molecule has 4 bridgehead atoms. The fourth-order valence-electron chi connectivity index (χ4n) is 5.59. The van der Waals surface area contributed by atoms with Crippen LogP contribution in [0.25, 0.3) is 0 Å². The monoisotopic (exact) mass is 351 g/mol. The van der Waals surface area contributed by atoms with Gasteiger partial charge in [-0.2, -0.15) is 0 Å². The van der Waals surface area contributed by atoms with E-state index in [2.05, 4.69) is 5.32 Å². The van der Waals surface area contributed by atoms with Crippen molar-refractivity contribution in [2.24, 2.45) is 28.9 Å². The van der Waals surface area contributed by atoms with Crippen molar-refractivity contribution in [2.45, 2.75) is 64.9 Å². The molecule has 142 valence electrons. The van der Waals surface area contributed by atoms with Crippen LogP contribution < -0.4 is 11.1 Å². The topological polar surface area (TPSA) is 84.7 Å². The van der Waals surface area contributed by atoms with E-state index in [0.717, 1.165) is 22.7 Å². The van der Waals surface area contributed by atoms with Crippen LogP contribution in [0.1, 0.15) is 59.3 Å². The molecule has 0 radical (unpaired) electrons. The first kappa shape index (κ1) is 18.5. The maximum Gasteiger partial charge on any atom is 0.418 e. The van der Waals surface area contributed by atoms with Gasteiger partial charge in [0.1, 0.15) is 5.60 Å². The molecule has 6 heteroatoms. The summed E-state index contributed by atoms with van der Waals surface area (Å²) < 4.78 is 5.34. The first-order valence-corrected chi connectivity index (χ1v) is 9.68. The number of hydrogen-bond acceptors (Lipinski definition) is 4. The van der Waals surface area contributed by atoms with Crippen molar-refractivity contribution in [2.75, 3.05) is 19.6 Å². The maximum atomic E-state index is 12.6. The highest BCUT2D eigenvalue weighted by atomic mass is 16.6. The summed E-state index contributed by atoms with van der Waals surface area (Å²) in [5.41, 5.74) is 5.19. The van der Waals surface area contributed by atoms with Gasteiger partial charge in [-0.3, -0.25) is 0 Å². The largest absolute Gasteiger partial charge is 0.443 e. The highest BCUT2D eigenvalue weighted by Crippen LogP contribution is 2.59. The Morgan fingerprint density at radius 1 is 1.12 bits per heavy atom. The lowest BCUT2D eigenvalue weighted by atomic mass is 9.49. The summed E-state index contributed by atoms with van der Waals surface area (Å²) in [5.74, 6) is 2.53. The first-order valence-electron chi connectivity index (χ1n) is 9.68. The summed E-state index contributed by atoms with van der Waals surface area (Å²) in [6.45, 7) is 6.43. The summed E-state index contributed by atoms with van der Waals surface area (Å²) in [5, 5.41) is 3.02. The van der Waals surface area contributed by atoms with E-state index < -0.39 is 11.7 Å². The second-order valence-electron chi connectivity index (χ2n) is 9.50. The van der Waals surface area contributed by atoms with Gasteiger partial charge in [-0.25, -0.2) is 14.5 Å². The normalized spacial score (nSPS) is 33.2. The average molecular weight is 351 g/mol. The molecule has 0 saturated heterocycles. The number of nitrogens with two attached hydrogens (primary N) is 1. The smallest absolute Gasteiger partial charge is 0.418 e. The van der Waals surface area contributed by atoms with Gasteiger partial charge in [0, 0.05) is 19.6 Å². The number of hydrogen-bond donors (Lipinski definition) is 2. The molecule has 4 aliphatic rings. The molecule has 0 unspecified atom stereocenters. The molecule has 4 rings (SSSR count). The van der Waals surface area contributed by atoms with E-state index in [0.29, 0.717) is 6.54 Å². The molecule has 0 aromatic heterocycles. The fourth-order valence-corrected chi connectivity index (χ4v) is 5.59. The van der Waals surface area contributed by atoms with Crippen molar-refractivity contribution >= 4 is 12.1 Å². The van der Waals surface area contributed by atoms with Crippen LogP contribution in [0, 0.1) is 23.2 Å². The molecule has 4 saturated carbocycles. The molecule has 0 aromatic rings. The zero-order chi connectivity index (χ0) is 18.2. The van der Waals surface area contributed by atoms with Gasteiger partial charge in [-0.15, -0.1) is 0 Å². The lowest BCUT2D eigenvalue weighted by Gasteiger charge is -2.56. The molecule has 0 aliphatic heterocycles. The second kappa shape index (κ2) is 6.78. The van der Waals surface area contributed by atoms with E-state index in [1.807, 2.05) is 0 Å². The van der Waals surface area contributed by atoms with Gasteiger partial charge in [0.25, 0.3) is 0 Å². The molecular weight excluding hydrogens is 318 g/mol. The van der Waals surface area contributed by atoms with Crippen molar-refractivity contribution in [1.82, 2.24) is 10.2 Å². The minimum atomic E-state index is -0.635. The van der Waals surface area contributed by atoms with Crippen LogP contribution in [0.15, 0.2) is 0 Å². The molecule has 3 N–H and O–H groups in total. The molecule has 0 spiro atoms. The molecule has 0 aromatic carbocycles. The first-order chi connectivity index (χ1) is 11.7. The zero-order valence-electron chi connectivity index (χ0n) is 15.8. The Morgan fingerprint density at radius 3 is 2.08 bits per heavy atom. The molecule has 25 heavy (non-hydrogen) atoms. The molecule has 6 nitrogen and oxygen atoms in total. The van der Waals surface area contributed by atoms with E-state index in [1.165, 1.54) is 38.5 Å². The minimum absolute atomic E-state index is 0.168. The maximum absolute atomic E-state index is 12.6. The van der Waals surface area contributed by atoms with Crippen LogP contribution in [-0.4, -0.2) is 42.3 Å². The number of carbonyl (C=O) groups excluding carboxylic acids is 2. The van der Waals surface area contributed by atoms with E-state index in [-0.39, 0.29) is 24.5 Å². The number of urea groups is 1. The zero-order valence-corrected chi connectivity index (χ0v) is 15.8. The summed E-state index contributed by atoms with van der Waals surface area (Å²) >= 11 is 0. The lowest BCUT2D eigenvalue weighted by Crippen LogP contribution is -2.54. The lowest BCUT2D eigenvalue weighted by molar-refractivity contribution is -0.0503. The predicted octanol–water partition coefficient (Wildman–Crippen LogP) is 3.11. The van der Waals surface area contributed by atoms with Crippen molar-refractivity contribution in [1.29, 1.82) is 0 Å². The molecule has 4 fully saturated rings. The molecule has 0 atom stereocenters. The van der Waals surface area contributed by atoms with Gasteiger partial charge < -0.3 is 15.8 Å². The van der Waals surface area contributed by atoms with Crippen molar-refractivity contribution in [3.63, 3.8) is 0 Å². The van der Waals surface area contributed by atoms with Gasteiger partial charge >= 0.3 is 12.1 Å². The predicted molar refractivity (Wildman–Crippen MR) is 96.0 cm³/mol. The molecule has 3 amide bonds. The molecule has 0 heterocycles. The van der Waals surface area contributed by atoms with Gasteiger partial charge in [-0.1, -0.05) is 0 Å². The van der Waals surface area contributed by atoms with Crippen LogP contribution in [0.2, 0.25) is 0 Å². The highest BCUT2D eigenvalue weighted by molar-refractivity contribution is 5.91. The Hall–Kier alpha value is -1.30. The highest BCUT2D eigenvalue weighted by Gasteiger charge is 2.50. The molecular formula is C19H33N3O3. The second-order valence-corrected chi connectivity index (χ2v) is 9.50. The average Bonchev–Trinajstić information content (AvgIpc) is 2.47. The number of rotatable bonds is 4. The fraction of sp³-hybridized carbons (Fsp3) is 0.895. The molecule has 4 aliphatic carbocycles. The third-order valence-corrected chi connectivity index (χ3v) is 5.99. The van der Waals surface area contributed by atoms with Crippen LogP contribution in [0.3, 0.4) is 0 Å². The van der Waals surface area contributed by atoms with Gasteiger partial charge in [-0.05, 0) is 82.5 Å². The number of ether oxygens (including phenoxy) is 1. The minimum Gasteiger partial charge on any atom is -0.443 e. The van der Waals surface area contributed by atoms with Crippen LogP contribution in [-0.2, 0) is 4.74 Å². The van der Waals surface area contributed by atoms with E-state index >= 15 is 0 Å². The van der Waals surface area contributed by atoms with Crippen LogP contribution >= 0.6 is 0 Å². The van der Waals surface area contributed by atoms with Crippen LogP contribution in [0.5, 0.6) is 0 Å². The van der Waals surface area contributed by atoms with Gasteiger partial charge in [0.15, 0.2) is 0 Å². The van der Waals surface area contributed by atoms with Crippen molar-refractivity contribution < 1.29 is 14.3 Å². The summed E-state index contributed by atoms with van der Waals surface area (Å²) in [7, 11) is 0. The Morgan fingerprint density at radius 2 is 1.64 bits per heavy atom. The van der Waals surface area contributed by atoms with E-state index in [4.69, 9.17) is 10.5 Å². The standard InChI is InChI=1S/C19H33N3O3/c1-18(2,3)25-17(24)22(5-4-20)16(23)21-12-19-9-13-6-14(10-19)8-15(7-13)11-19/h13-15H,4-12,20H2,1-3H3,(H,21,23). The Bertz CT molecular complexity index is 491. The van der Waals surface area contributed by atoms with Crippen molar-refractivity contribution in [3.8, 4) is 0 Å². The summed E-state index contributed by atoms with van der Waals surface area (Å²) in [4.78, 5) is 26.0. The van der Waals surface area contributed by atoms with E-state index in [9.17, 15) is 9.59 Å². The third kappa shape index (κ3) is 4.27. The summed E-state index contributed by atoms with van der Waals surface area (Å²) in [6, 6.07) is -0.379. The number of carbonyl (C=O) groups is 2. The Labute approximate surface area is 150 Å². The quantitative estimate of drug-likeness (QED) is 0.815. The van der Waals surface area contributed by atoms with Crippen LogP contribution in [0.4, 0.5) is 9.59 Å². The van der Waals surface area contributed by atoms with Gasteiger partial charge in [0.05, 0.1) is 0 Å². The number of amides is 3. The summed E-state index contributed by atoms with van der Waals surface area (Å²) in [6.07, 6.45) is 7.19. The number of nitrogens with zero attached hydrogens (tertiary/aromatic N) is 1. The SMILES string of the molecule is CC(C)(C)OC(=O)N(CCN)C(=O)NCC12CC3CC(CC(C3)C1)C2. The number of nitrogens with one attached hydrogen (secondary N) is 1. The van der Waals surface area contributed by atoms with Crippen molar-refractivity contribution in [3.05, 3.63) is 0 Å². The van der Waals surface area contributed by atoms with E-state index in [1.54, 1.807) is 20.8 Å². The van der Waals surface area contributed by atoms with Gasteiger partial charge in [0.2, 0.25) is 0 Å². The third-order valence-electron chi connectivity index (χ3n) is 5.99. The number of imide groups is 1. The Kier molecular flexibility index (Phi) is 5.02. The Balaban J connectivity index is 1.59.